The highest BCUT2D eigenvalue weighted by molar-refractivity contribution is 7.98. The first kappa shape index (κ1) is 17.9. The lowest BCUT2D eigenvalue weighted by Gasteiger charge is -2.05. The molecule has 0 atom stereocenters. The van der Waals surface area contributed by atoms with Crippen molar-refractivity contribution >= 4 is 23.2 Å². The van der Waals surface area contributed by atoms with Crippen LogP contribution < -0.4 is 5.90 Å². The number of allylic oxidation sites excluding steroid dienone is 2. The summed E-state index contributed by atoms with van der Waals surface area (Å²) in [6.07, 6.45) is 3.00. The number of nitrogens with zero attached hydrogens (tertiary/aromatic N) is 3. The Hall–Kier alpha value is -2.91. The second kappa shape index (κ2) is 7.54. The second-order valence-electron chi connectivity index (χ2n) is 5.13. The van der Waals surface area contributed by atoms with E-state index in [-0.39, 0.29) is 22.3 Å². The maximum Gasteiger partial charge on any atom is 0.215 e. The Kier molecular flexibility index (Phi) is 5.19. The zero-order chi connectivity index (χ0) is 18.7. The molecule has 3 aromatic rings. The molecule has 2 aromatic heterocycles. The van der Waals surface area contributed by atoms with E-state index in [9.17, 15) is 13.9 Å². The van der Waals surface area contributed by atoms with E-state index >= 15 is 0 Å². The van der Waals surface area contributed by atoms with Crippen LogP contribution in [0.25, 0.3) is 11.4 Å². The van der Waals surface area contributed by atoms with E-state index in [2.05, 4.69) is 16.7 Å². The van der Waals surface area contributed by atoms with Gasteiger partial charge >= 0.3 is 0 Å². The minimum atomic E-state index is -0.912. The van der Waals surface area contributed by atoms with Crippen molar-refractivity contribution in [1.29, 1.82) is 0 Å². The summed E-state index contributed by atoms with van der Waals surface area (Å²) >= 11 is 1.07. The van der Waals surface area contributed by atoms with Crippen LogP contribution >= 0.6 is 11.8 Å². The van der Waals surface area contributed by atoms with Crippen LogP contribution in [0.4, 0.5) is 8.78 Å². The minimum Gasteiger partial charge on any atom is -0.493 e. The summed E-state index contributed by atoms with van der Waals surface area (Å²) in [6, 6.07) is 6.92. The van der Waals surface area contributed by atoms with Crippen molar-refractivity contribution in [2.45, 2.75) is 10.6 Å². The van der Waals surface area contributed by atoms with Crippen LogP contribution in [0.1, 0.15) is 11.4 Å². The van der Waals surface area contributed by atoms with E-state index in [0.717, 1.165) is 17.8 Å². The Morgan fingerprint density at radius 2 is 2.19 bits per heavy atom. The molecular weight excluding hydrogens is 362 g/mol. The third-order valence-corrected chi connectivity index (χ3v) is 4.47. The van der Waals surface area contributed by atoms with Crippen molar-refractivity contribution in [2.24, 2.45) is 5.90 Å². The van der Waals surface area contributed by atoms with E-state index in [4.69, 9.17) is 10.7 Å². The summed E-state index contributed by atoms with van der Waals surface area (Å²) in [5.74, 6) is 3.70. The lowest BCUT2D eigenvalue weighted by atomic mass is 10.3. The monoisotopic (exact) mass is 376 g/mol. The number of nitrogens with two attached hydrogens (primary N) is 1. The van der Waals surface area contributed by atoms with Gasteiger partial charge in [0.15, 0.2) is 23.0 Å². The molecule has 9 heteroatoms. The minimum absolute atomic E-state index is 0.160. The van der Waals surface area contributed by atoms with Crippen molar-refractivity contribution in [3.8, 4) is 5.88 Å². The molecule has 0 fully saturated rings. The summed E-state index contributed by atoms with van der Waals surface area (Å²) in [5.41, 5.74) is 1.18. The van der Waals surface area contributed by atoms with Gasteiger partial charge in [0.1, 0.15) is 5.69 Å². The van der Waals surface area contributed by atoms with Gasteiger partial charge in [-0.3, -0.25) is 0 Å². The third kappa shape index (κ3) is 3.53. The largest absolute Gasteiger partial charge is 0.493 e. The number of thioether (sulfide) groups is 1. The third-order valence-electron chi connectivity index (χ3n) is 3.40. The van der Waals surface area contributed by atoms with Gasteiger partial charge in [-0.2, -0.15) is 15.5 Å². The molecule has 0 spiro atoms. The van der Waals surface area contributed by atoms with Crippen molar-refractivity contribution < 1.29 is 18.7 Å². The topological polar surface area (TPSA) is 85.7 Å². The first-order valence-electron chi connectivity index (χ1n) is 7.38. The van der Waals surface area contributed by atoms with Crippen molar-refractivity contribution in [3.63, 3.8) is 0 Å². The number of halogens is 2. The summed E-state index contributed by atoms with van der Waals surface area (Å²) in [6.45, 7) is 3.55. The van der Waals surface area contributed by atoms with Crippen molar-refractivity contribution in [2.75, 3.05) is 0 Å². The number of aromatic hydroxyl groups is 1. The van der Waals surface area contributed by atoms with Crippen LogP contribution in [0, 0.1) is 11.6 Å². The average Bonchev–Trinajstić information content (AvgIpc) is 3.05. The molecular formula is C17H14F2N4O2S. The highest BCUT2D eigenvalue weighted by Gasteiger charge is 2.14. The highest BCUT2D eigenvalue weighted by atomic mass is 32.2. The Morgan fingerprint density at radius 3 is 2.92 bits per heavy atom. The molecule has 0 aliphatic carbocycles. The van der Waals surface area contributed by atoms with Gasteiger partial charge in [0.25, 0.3) is 0 Å². The maximum atomic E-state index is 13.7. The number of fused-ring (bicyclic) bond motifs is 1. The van der Waals surface area contributed by atoms with E-state index < -0.39 is 11.6 Å². The van der Waals surface area contributed by atoms with Gasteiger partial charge in [0.05, 0.1) is 5.69 Å². The number of benzene rings is 1. The highest BCUT2D eigenvalue weighted by Crippen LogP contribution is 2.28. The molecule has 0 aliphatic rings. The smallest absolute Gasteiger partial charge is 0.215 e. The van der Waals surface area contributed by atoms with Crippen LogP contribution in [-0.4, -0.2) is 19.7 Å². The van der Waals surface area contributed by atoms with E-state index in [1.165, 1.54) is 34.9 Å². The van der Waals surface area contributed by atoms with Gasteiger partial charge in [-0.05, 0) is 18.2 Å². The molecule has 2 heterocycles. The average molecular weight is 376 g/mol. The lowest BCUT2D eigenvalue weighted by molar-refractivity contribution is 0.289. The van der Waals surface area contributed by atoms with Crippen LogP contribution in [0.5, 0.6) is 5.88 Å². The molecule has 3 rings (SSSR count). The molecule has 0 saturated carbocycles. The number of hydrogen-bond donors (Lipinski definition) is 2. The van der Waals surface area contributed by atoms with Crippen LogP contribution in [-0.2, 0) is 10.6 Å². The van der Waals surface area contributed by atoms with Gasteiger partial charge < -0.3 is 9.94 Å². The van der Waals surface area contributed by atoms with Gasteiger partial charge in [0, 0.05) is 22.8 Å². The molecule has 6 nitrogen and oxygen atoms in total. The van der Waals surface area contributed by atoms with Crippen LogP contribution in [0.2, 0.25) is 0 Å². The van der Waals surface area contributed by atoms with Gasteiger partial charge in [-0.15, -0.1) is 11.8 Å². The first-order valence-corrected chi connectivity index (χ1v) is 8.37. The number of aromatic nitrogens is 3. The van der Waals surface area contributed by atoms with Crippen molar-refractivity contribution in [3.05, 3.63) is 72.1 Å². The molecule has 134 valence electrons. The zero-order valence-electron chi connectivity index (χ0n) is 13.4. The predicted octanol–water partition coefficient (Wildman–Crippen LogP) is 3.42. The van der Waals surface area contributed by atoms with Gasteiger partial charge in [0.2, 0.25) is 5.88 Å². The Labute approximate surface area is 151 Å². The predicted molar refractivity (Wildman–Crippen MR) is 94.0 cm³/mol. The van der Waals surface area contributed by atoms with Crippen LogP contribution in [0.3, 0.4) is 0 Å². The van der Waals surface area contributed by atoms with Gasteiger partial charge in [-0.25, -0.2) is 13.8 Å². The molecule has 1 aromatic carbocycles. The molecule has 26 heavy (non-hydrogen) atoms. The molecule has 0 radical (unpaired) electrons. The number of rotatable bonds is 6. The standard InChI is InChI=1S/C17H14F2N4O2S/c1-2-4-13(25-20)12-8-15-21-10(7-16(24)23(15)22-12)9-26-14-6-3-5-11(18)17(14)19/h2-8,24H,1,9,20H2/b13-4-. The van der Waals surface area contributed by atoms with Crippen LogP contribution in [0.15, 0.2) is 54.0 Å². The fourth-order valence-electron chi connectivity index (χ4n) is 2.24. The SMILES string of the molecule is C=C/C=C(\ON)c1cc2nc(CSc3cccc(F)c3F)cc(O)n2n1. The fourth-order valence-corrected chi connectivity index (χ4v) is 3.09. The molecule has 3 N–H and O–H groups in total. The lowest BCUT2D eigenvalue weighted by Crippen LogP contribution is -1.99. The zero-order valence-corrected chi connectivity index (χ0v) is 14.2. The fraction of sp³-hybridized carbons (Fsp3) is 0.0588. The summed E-state index contributed by atoms with van der Waals surface area (Å²) in [4.78, 5) is 9.24. The van der Waals surface area contributed by atoms with E-state index in [1.807, 2.05) is 0 Å². The Morgan fingerprint density at radius 1 is 1.38 bits per heavy atom. The maximum absolute atomic E-state index is 13.7. The molecule has 0 unspecified atom stereocenters. The summed E-state index contributed by atoms with van der Waals surface area (Å²) in [5, 5.41) is 14.3. The quantitative estimate of drug-likeness (QED) is 0.297. The summed E-state index contributed by atoms with van der Waals surface area (Å²) < 4.78 is 28.2. The van der Waals surface area contributed by atoms with Crippen molar-refractivity contribution in [1.82, 2.24) is 14.6 Å². The Balaban J connectivity index is 1.89. The molecule has 0 saturated heterocycles. The molecule has 0 aliphatic heterocycles. The van der Waals surface area contributed by atoms with E-state index in [0.29, 0.717) is 17.0 Å². The van der Waals surface area contributed by atoms with E-state index in [1.54, 1.807) is 6.07 Å². The second-order valence-corrected chi connectivity index (χ2v) is 6.15. The molecule has 0 amide bonds. The molecule has 0 bridgehead atoms. The van der Waals surface area contributed by atoms with Gasteiger partial charge in [-0.1, -0.05) is 18.7 Å². The first-order chi connectivity index (χ1) is 12.5. The Bertz CT molecular complexity index is 1000. The summed E-state index contributed by atoms with van der Waals surface area (Å²) in [7, 11) is 0. The number of hydrogen-bond acceptors (Lipinski definition) is 6. The normalized spacial score (nSPS) is 11.7.